The molecule has 3 atom stereocenters. The normalized spacial score (nSPS) is 23.1. The molecule has 3 heteroatoms. The molecule has 0 aromatic rings. The molecule has 2 nitrogen and oxygen atoms in total. The second-order valence-corrected chi connectivity index (χ2v) is 6.80. The molecule has 0 aliphatic heterocycles. The molecule has 1 aliphatic carbocycles. The molecule has 0 aromatic carbocycles. The highest BCUT2D eigenvalue weighted by molar-refractivity contribution is 7.80. The van der Waals surface area contributed by atoms with Crippen LogP contribution in [0.4, 0.5) is 0 Å². The van der Waals surface area contributed by atoms with Crippen molar-refractivity contribution >= 4 is 18.3 Å². The molecule has 0 aromatic heterocycles. The van der Waals surface area contributed by atoms with Gasteiger partial charge < -0.3 is 10.7 Å². The lowest BCUT2D eigenvalue weighted by molar-refractivity contribution is 0.458. The van der Waals surface area contributed by atoms with Crippen molar-refractivity contribution in [2.24, 2.45) is 11.8 Å². The summed E-state index contributed by atoms with van der Waals surface area (Å²) in [7, 11) is 0. The minimum atomic E-state index is 0.191. The lowest BCUT2D eigenvalue weighted by Crippen LogP contribution is -2.34. The van der Waals surface area contributed by atoms with E-state index in [-0.39, 0.29) is 5.37 Å². The van der Waals surface area contributed by atoms with Gasteiger partial charge in [0, 0.05) is 11.4 Å². The van der Waals surface area contributed by atoms with Crippen molar-refractivity contribution in [3.8, 4) is 0 Å². The van der Waals surface area contributed by atoms with Gasteiger partial charge in [-0.15, -0.1) is 0 Å². The van der Waals surface area contributed by atoms with Crippen LogP contribution in [0, 0.1) is 17.2 Å². The van der Waals surface area contributed by atoms with Gasteiger partial charge in [0.2, 0.25) is 0 Å². The Morgan fingerprint density at radius 3 is 2.45 bits per heavy atom. The Balaban J connectivity index is 2.95. The van der Waals surface area contributed by atoms with Crippen LogP contribution in [0.5, 0.6) is 0 Å². The third-order valence-electron chi connectivity index (χ3n) is 4.49. The van der Waals surface area contributed by atoms with E-state index in [4.69, 9.17) is 18.0 Å². The Kier molecular flexibility index (Phi) is 7.71. The van der Waals surface area contributed by atoms with E-state index in [0.717, 1.165) is 25.0 Å². The molecular formula is C17H32N2S. The van der Waals surface area contributed by atoms with Crippen molar-refractivity contribution in [3.05, 3.63) is 11.3 Å². The van der Waals surface area contributed by atoms with Crippen LogP contribution in [0.25, 0.3) is 0 Å². The van der Waals surface area contributed by atoms with Gasteiger partial charge >= 0.3 is 0 Å². The largest absolute Gasteiger partial charge is 0.376 e. The summed E-state index contributed by atoms with van der Waals surface area (Å²) in [6, 6.07) is 0. The summed E-state index contributed by atoms with van der Waals surface area (Å²) in [4.78, 5) is 0. The molecule has 0 radical (unpaired) electrons. The molecule has 0 bridgehead atoms. The van der Waals surface area contributed by atoms with E-state index in [1.54, 1.807) is 0 Å². The maximum absolute atomic E-state index is 8.28. The lowest BCUT2D eigenvalue weighted by atomic mass is 9.86. The smallest absolute Gasteiger partial charge is 0.0716 e. The standard InChI is InChI=1S/C17H32N2S/c1-5-9-13(4)16(19-17(20)12(3)6-2)14-10-7-8-11-15(14)18/h12-13,17-20H,5-11H2,1-4H3/b16-14+,18-15?. The fourth-order valence-electron chi connectivity index (χ4n) is 2.83. The molecule has 0 saturated heterocycles. The van der Waals surface area contributed by atoms with Gasteiger partial charge in [-0.25, -0.2) is 0 Å². The molecular weight excluding hydrogens is 264 g/mol. The van der Waals surface area contributed by atoms with E-state index in [9.17, 15) is 0 Å². The van der Waals surface area contributed by atoms with Gasteiger partial charge in [-0.2, -0.15) is 12.6 Å². The summed E-state index contributed by atoms with van der Waals surface area (Å²) in [5.41, 5.74) is 3.43. The van der Waals surface area contributed by atoms with Crippen molar-refractivity contribution in [1.29, 1.82) is 5.41 Å². The Morgan fingerprint density at radius 1 is 1.25 bits per heavy atom. The topological polar surface area (TPSA) is 35.9 Å². The summed E-state index contributed by atoms with van der Waals surface area (Å²) < 4.78 is 0. The molecule has 20 heavy (non-hydrogen) atoms. The predicted molar refractivity (Wildman–Crippen MR) is 92.7 cm³/mol. The zero-order valence-corrected chi connectivity index (χ0v) is 14.5. The highest BCUT2D eigenvalue weighted by atomic mass is 32.1. The summed E-state index contributed by atoms with van der Waals surface area (Å²) in [6.45, 7) is 8.97. The Morgan fingerprint density at radius 2 is 1.90 bits per heavy atom. The molecule has 0 amide bonds. The second-order valence-electron chi connectivity index (χ2n) is 6.24. The van der Waals surface area contributed by atoms with Crippen LogP contribution >= 0.6 is 12.6 Å². The number of thiol groups is 1. The maximum Gasteiger partial charge on any atom is 0.0716 e. The first kappa shape index (κ1) is 17.6. The third-order valence-corrected chi connectivity index (χ3v) is 5.13. The van der Waals surface area contributed by atoms with E-state index in [2.05, 4.69) is 33.0 Å². The summed E-state index contributed by atoms with van der Waals surface area (Å²) in [5.74, 6) is 1.05. The maximum atomic E-state index is 8.28. The first-order valence-corrected chi connectivity index (χ1v) is 8.78. The first-order chi connectivity index (χ1) is 9.51. The van der Waals surface area contributed by atoms with Gasteiger partial charge in [0.05, 0.1) is 5.37 Å². The molecule has 0 heterocycles. The van der Waals surface area contributed by atoms with Crippen LogP contribution < -0.4 is 5.32 Å². The van der Waals surface area contributed by atoms with Gasteiger partial charge in [0.25, 0.3) is 0 Å². The van der Waals surface area contributed by atoms with E-state index >= 15 is 0 Å². The summed E-state index contributed by atoms with van der Waals surface area (Å²) in [5, 5.41) is 12.1. The number of hydrogen-bond acceptors (Lipinski definition) is 3. The van der Waals surface area contributed by atoms with Crippen LogP contribution in [0.15, 0.2) is 11.3 Å². The lowest BCUT2D eigenvalue weighted by Gasteiger charge is -2.30. The van der Waals surface area contributed by atoms with E-state index < -0.39 is 0 Å². The molecule has 1 saturated carbocycles. The van der Waals surface area contributed by atoms with Crippen molar-refractivity contribution in [2.75, 3.05) is 0 Å². The van der Waals surface area contributed by atoms with Gasteiger partial charge in [0.15, 0.2) is 0 Å². The van der Waals surface area contributed by atoms with Crippen LogP contribution in [0.3, 0.4) is 0 Å². The van der Waals surface area contributed by atoms with Crippen LogP contribution in [-0.2, 0) is 0 Å². The highest BCUT2D eigenvalue weighted by Crippen LogP contribution is 2.29. The van der Waals surface area contributed by atoms with Crippen LogP contribution in [-0.4, -0.2) is 11.1 Å². The van der Waals surface area contributed by atoms with Crippen molar-refractivity contribution in [3.63, 3.8) is 0 Å². The summed E-state index contributed by atoms with van der Waals surface area (Å²) >= 11 is 4.74. The zero-order valence-electron chi connectivity index (χ0n) is 13.6. The quantitative estimate of drug-likeness (QED) is 0.440. The first-order valence-electron chi connectivity index (χ1n) is 8.26. The minimum absolute atomic E-state index is 0.191. The predicted octanol–water partition coefficient (Wildman–Crippen LogP) is 5.16. The molecule has 0 spiro atoms. The highest BCUT2D eigenvalue weighted by Gasteiger charge is 2.22. The van der Waals surface area contributed by atoms with Crippen molar-refractivity contribution in [2.45, 2.75) is 78.0 Å². The van der Waals surface area contributed by atoms with Gasteiger partial charge in [-0.3, -0.25) is 0 Å². The van der Waals surface area contributed by atoms with E-state index in [1.165, 1.54) is 37.0 Å². The molecule has 1 fully saturated rings. The third kappa shape index (κ3) is 4.83. The van der Waals surface area contributed by atoms with Gasteiger partial charge in [-0.1, -0.05) is 40.5 Å². The van der Waals surface area contributed by atoms with Crippen LogP contribution in [0.2, 0.25) is 0 Å². The van der Waals surface area contributed by atoms with Crippen molar-refractivity contribution < 1.29 is 0 Å². The number of allylic oxidation sites excluding steroid dienone is 2. The second kappa shape index (κ2) is 8.76. The monoisotopic (exact) mass is 296 g/mol. The minimum Gasteiger partial charge on any atom is -0.376 e. The van der Waals surface area contributed by atoms with E-state index in [1.807, 2.05) is 0 Å². The average Bonchev–Trinajstić information content (AvgIpc) is 2.44. The molecule has 1 rings (SSSR count). The fourth-order valence-corrected chi connectivity index (χ4v) is 3.18. The van der Waals surface area contributed by atoms with E-state index in [0.29, 0.717) is 11.8 Å². The Bertz CT molecular complexity index is 349. The Labute approximate surface area is 130 Å². The van der Waals surface area contributed by atoms with Gasteiger partial charge in [-0.05, 0) is 49.5 Å². The zero-order chi connectivity index (χ0) is 15.1. The number of nitrogens with one attached hydrogen (secondary N) is 2. The van der Waals surface area contributed by atoms with Crippen LogP contribution in [0.1, 0.15) is 72.6 Å². The molecule has 116 valence electrons. The average molecular weight is 297 g/mol. The van der Waals surface area contributed by atoms with Gasteiger partial charge in [0.1, 0.15) is 0 Å². The van der Waals surface area contributed by atoms with Crippen molar-refractivity contribution in [1.82, 2.24) is 5.32 Å². The summed E-state index contributed by atoms with van der Waals surface area (Å²) in [6.07, 6.45) is 7.91. The fraction of sp³-hybridized carbons (Fsp3) is 0.824. The molecule has 3 unspecified atom stereocenters. The number of hydrogen-bond donors (Lipinski definition) is 3. The molecule has 2 N–H and O–H groups in total. The Hall–Kier alpha value is -0.440. The molecule has 1 aliphatic rings. The SMILES string of the molecule is CCCC(C)/C(NC(S)C(C)CC)=C1/CCCCC1=N. The number of rotatable bonds is 7.